The van der Waals surface area contributed by atoms with Gasteiger partial charge in [-0.25, -0.2) is 4.98 Å². The van der Waals surface area contributed by atoms with Crippen LogP contribution in [0.5, 0.6) is 0 Å². The summed E-state index contributed by atoms with van der Waals surface area (Å²) in [6.45, 7) is 4.10. The number of furan rings is 1. The Kier molecular flexibility index (Phi) is 7.17. The molecule has 2 amide bonds. The first-order chi connectivity index (χ1) is 18.5. The number of nitrogens with one attached hydrogen (secondary N) is 1. The van der Waals surface area contributed by atoms with Gasteiger partial charge in [-0.2, -0.15) is 0 Å². The number of carbonyl (C=O) groups is 2. The van der Waals surface area contributed by atoms with Gasteiger partial charge in [-0.1, -0.05) is 54.6 Å². The van der Waals surface area contributed by atoms with E-state index in [1.807, 2.05) is 66.2 Å². The summed E-state index contributed by atoms with van der Waals surface area (Å²) in [5.74, 6) is 0.336. The Morgan fingerprint density at radius 2 is 1.63 bits per heavy atom. The summed E-state index contributed by atoms with van der Waals surface area (Å²) in [5.41, 5.74) is 5.35. The number of aryl methyl sites for hydroxylation is 2. The molecule has 0 atom stereocenters. The number of hydrogen-bond acceptors (Lipinski definition) is 4. The minimum absolute atomic E-state index is 0.162. The molecule has 0 aliphatic carbocycles. The van der Waals surface area contributed by atoms with Crippen LogP contribution in [0.2, 0.25) is 0 Å². The Morgan fingerprint density at radius 3 is 2.32 bits per heavy atom. The predicted octanol–water partition coefficient (Wildman–Crippen LogP) is 6.03. The lowest BCUT2D eigenvalue weighted by molar-refractivity contribution is -0.117. The average molecular weight is 505 g/mol. The number of rotatable bonds is 8. The summed E-state index contributed by atoms with van der Waals surface area (Å²) < 4.78 is 7.32. The number of hydrogen-bond donors (Lipinski definition) is 1. The van der Waals surface area contributed by atoms with Gasteiger partial charge in [0.15, 0.2) is 0 Å². The molecule has 0 saturated carbocycles. The monoisotopic (exact) mass is 504 g/mol. The molecule has 0 spiro atoms. The highest BCUT2D eigenvalue weighted by atomic mass is 16.3. The number of aromatic nitrogens is 2. The maximum Gasteiger partial charge on any atom is 0.254 e. The van der Waals surface area contributed by atoms with E-state index in [1.54, 1.807) is 42.7 Å². The zero-order valence-electron chi connectivity index (χ0n) is 21.3. The van der Waals surface area contributed by atoms with Gasteiger partial charge in [-0.05, 0) is 61.4 Å². The van der Waals surface area contributed by atoms with Crippen molar-refractivity contribution in [3.63, 3.8) is 0 Å². The molecule has 0 unspecified atom stereocenters. The van der Waals surface area contributed by atoms with E-state index >= 15 is 0 Å². The predicted molar refractivity (Wildman–Crippen MR) is 147 cm³/mol. The van der Waals surface area contributed by atoms with Gasteiger partial charge in [0.2, 0.25) is 11.9 Å². The number of nitrogens with zero attached hydrogens (tertiary/aromatic N) is 3. The van der Waals surface area contributed by atoms with Gasteiger partial charge in [0.25, 0.3) is 5.91 Å². The molecule has 2 aromatic heterocycles. The number of anilines is 1. The summed E-state index contributed by atoms with van der Waals surface area (Å²) in [6.07, 6.45) is 3.46. The van der Waals surface area contributed by atoms with E-state index in [-0.39, 0.29) is 24.9 Å². The van der Waals surface area contributed by atoms with Crippen molar-refractivity contribution < 1.29 is 14.0 Å². The van der Waals surface area contributed by atoms with Crippen LogP contribution < -0.4 is 5.32 Å². The van der Waals surface area contributed by atoms with Crippen LogP contribution in [-0.2, 0) is 11.3 Å². The van der Waals surface area contributed by atoms with Gasteiger partial charge < -0.3 is 9.32 Å². The van der Waals surface area contributed by atoms with Crippen LogP contribution in [0, 0.1) is 13.8 Å². The first-order valence-corrected chi connectivity index (χ1v) is 12.4. The molecule has 1 N–H and O–H groups in total. The molecule has 0 fully saturated rings. The SMILES string of the molecule is Cc1ccc(-n2cc(-c3ccccc3)nc2NC(=O)CN(Cc2ccco2)C(=O)c2ccccc2)cc1C. The minimum Gasteiger partial charge on any atom is -0.467 e. The van der Waals surface area contributed by atoms with Gasteiger partial charge in [0, 0.05) is 23.0 Å². The Bertz CT molecular complexity index is 1540. The number of amides is 2. The van der Waals surface area contributed by atoms with Crippen molar-refractivity contribution in [2.24, 2.45) is 0 Å². The number of carbonyl (C=O) groups excluding carboxylic acids is 2. The third-order valence-corrected chi connectivity index (χ3v) is 6.36. The molecule has 7 heteroatoms. The molecule has 0 radical (unpaired) electrons. The molecule has 3 aromatic carbocycles. The number of benzene rings is 3. The van der Waals surface area contributed by atoms with Crippen LogP contribution in [0.4, 0.5) is 5.95 Å². The van der Waals surface area contributed by atoms with Crippen molar-refractivity contribution in [2.45, 2.75) is 20.4 Å². The standard InChI is InChI=1S/C31H28N4O3/c1-22-15-16-26(18-23(22)2)35-20-28(24-10-5-3-6-11-24)32-31(35)33-29(36)21-34(19-27-14-9-17-38-27)30(37)25-12-7-4-8-13-25/h3-18,20H,19,21H2,1-2H3,(H,32,33,36). The molecule has 0 aliphatic heterocycles. The lowest BCUT2D eigenvalue weighted by Crippen LogP contribution is -2.37. The van der Waals surface area contributed by atoms with Gasteiger partial charge in [0.05, 0.1) is 18.5 Å². The topological polar surface area (TPSA) is 80.4 Å². The third kappa shape index (κ3) is 5.57. The maximum absolute atomic E-state index is 13.3. The van der Waals surface area contributed by atoms with Crippen molar-refractivity contribution in [3.8, 4) is 16.9 Å². The first-order valence-electron chi connectivity index (χ1n) is 12.4. The van der Waals surface area contributed by atoms with Crippen molar-refractivity contribution in [2.75, 3.05) is 11.9 Å². The second-order valence-electron chi connectivity index (χ2n) is 9.11. The molecule has 2 heterocycles. The fourth-order valence-electron chi connectivity index (χ4n) is 4.18. The second-order valence-corrected chi connectivity index (χ2v) is 9.11. The lowest BCUT2D eigenvalue weighted by Gasteiger charge is -2.21. The van der Waals surface area contributed by atoms with Crippen LogP contribution in [0.3, 0.4) is 0 Å². The van der Waals surface area contributed by atoms with Crippen LogP contribution in [0.25, 0.3) is 16.9 Å². The minimum atomic E-state index is -0.365. The van der Waals surface area contributed by atoms with Crippen molar-refractivity contribution in [1.29, 1.82) is 0 Å². The van der Waals surface area contributed by atoms with Crippen molar-refractivity contribution >= 4 is 17.8 Å². The Labute approximate surface area is 221 Å². The average Bonchev–Trinajstić information content (AvgIpc) is 3.61. The van der Waals surface area contributed by atoms with Gasteiger partial charge in [-0.15, -0.1) is 0 Å². The van der Waals surface area contributed by atoms with Crippen LogP contribution in [0.15, 0.2) is 108 Å². The molecular formula is C31H28N4O3. The molecule has 190 valence electrons. The van der Waals surface area contributed by atoms with E-state index in [9.17, 15) is 9.59 Å². The smallest absolute Gasteiger partial charge is 0.254 e. The van der Waals surface area contributed by atoms with Gasteiger partial charge in [0.1, 0.15) is 12.3 Å². The summed E-state index contributed by atoms with van der Waals surface area (Å²) in [4.78, 5) is 32.8. The molecule has 0 bridgehead atoms. The lowest BCUT2D eigenvalue weighted by atomic mass is 10.1. The van der Waals surface area contributed by atoms with Crippen molar-refractivity contribution in [1.82, 2.24) is 14.5 Å². The highest BCUT2D eigenvalue weighted by Crippen LogP contribution is 2.25. The Hall–Kier alpha value is -4.91. The highest BCUT2D eigenvalue weighted by molar-refractivity contribution is 5.99. The molecule has 5 rings (SSSR count). The first kappa shape index (κ1) is 24.8. The van der Waals surface area contributed by atoms with E-state index < -0.39 is 0 Å². The van der Waals surface area contributed by atoms with Crippen LogP contribution in [-0.4, -0.2) is 32.8 Å². The Balaban J connectivity index is 1.44. The fraction of sp³-hybridized carbons (Fsp3) is 0.129. The van der Waals surface area contributed by atoms with E-state index in [0.717, 1.165) is 22.5 Å². The van der Waals surface area contributed by atoms with Crippen LogP contribution >= 0.6 is 0 Å². The zero-order valence-corrected chi connectivity index (χ0v) is 21.3. The molecular weight excluding hydrogens is 476 g/mol. The second kappa shape index (κ2) is 11.0. The van der Waals surface area contributed by atoms with Gasteiger partial charge >= 0.3 is 0 Å². The fourth-order valence-corrected chi connectivity index (χ4v) is 4.18. The molecule has 0 aliphatic rings. The van der Waals surface area contributed by atoms with E-state index in [1.165, 1.54) is 10.5 Å². The van der Waals surface area contributed by atoms with Crippen molar-refractivity contribution in [3.05, 3.63) is 126 Å². The summed E-state index contributed by atoms with van der Waals surface area (Å²) in [7, 11) is 0. The Morgan fingerprint density at radius 1 is 0.895 bits per heavy atom. The zero-order chi connectivity index (χ0) is 26.5. The maximum atomic E-state index is 13.3. The molecule has 0 saturated heterocycles. The van der Waals surface area contributed by atoms with Crippen LogP contribution in [0.1, 0.15) is 27.2 Å². The summed E-state index contributed by atoms with van der Waals surface area (Å²) >= 11 is 0. The van der Waals surface area contributed by atoms with E-state index in [4.69, 9.17) is 9.40 Å². The normalized spacial score (nSPS) is 10.8. The molecule has 7 nitrogen and oxygen atoms in total. The summed E-state index contributed by atoms with van der Waals surface area (Å²) in [6, 6.07) is 28.3. The largest absolute Gasteiger partial charge is 0.467 e. The van der Waals surface area contributed by atoms with E-state index in [0.29, 0.717) is 17.3 Å². The quantitative estimate of drug-likeness (QED) is 0.280. The third-order valence-electron chi connectivity index (χ3n) is 6.36. The molecule has 5 aromatic rings. The van der Waals surface area contributed by atoms with Gasteiger partial charge in [-0.3, -0.25) is 19.5 Å². The summed E-state index contributed by atoms with van der Waals surface area (Å²) in [5, 5.41) is 2.94. The van der Waals surface area contributed by atoms with E-state index in [2.05, 4.69) is 18.3 Å². The highest BCUT2D eigenvalue weighted by Gasteiger charge is 2.22. The number of imidazole rings is 1. The molecule has 38 heavy (non-hydrogen) atoms.